The quantitative estimate of drug-likeness (QED) is 0.663. The van der Waals surface area contributed by atoms with Crippen molar-refractivity contribution in [3.63, 3.8) is 0 Å². The van der Waals surface area contributed by atoms with Gasteiger partial charge in [-0.1, -0.05) is 23.9 Å². The summed E-state index contributed by atoms with van der Waals surface area (Å²) in [4.78, 5) is 17.5. The van der Waals surface area contributed by atoms with Gasteiger partial charge in [0.1, 0.15) is 5.82 Å². The first-order chi connectivity index (χ1) is 11.7. The van der Waals surface area contributed by atoms with Crippen LogP contribution in [-0.4, -0.2) is 26.8 Å². The van der Waals surface area contributed by atoms with E-state index in [1.165, 1.54) is 16.6 Å². The zero-order valence-electron chi connectivity index (χ0n) is 12.5. The second-order valence-electron chi connectivity index (χ2n) is 4.85. The summed E-state index contributed by atoms with van der Waals surface area (Å²) in [5.74, 6) is 0.814. The fourth-order valence-electron chi connectivity index (χ4n) is 1.99. The second kappa shape index (κ2) is 7.77. The number of hydrogen-bond donors (Lipinski definition) is 2. The van der Waals surface area contributed by atoms with Gasteiger partial charge < -0.3 is 5.32 Å². The highest BCUT2D eigenvalue weighted by molar-refractivity contribution is 7.99. The molecule has 0 aliphatic rings. The number of thiophene rings is 1. The summed E-state index contributed by atoms with van der Waals surface area (Å²) >= 11 is 2.93. The van der Waals surface area contributed by atoms with Crippen LogP contribution < -0.4 is 5.32 Å². The Morgan fingerprint density at radius 1 is 1.38 bits per heavy atom. The maximum Gasteiger partial charge on any atom is 0.234 e. The molecule has 0 unspecified atom stereocenters. The Morgan fingerprint density at radius 2 is 2.29 bits per heavy atom. The van der Waals surface area contributed by atoms with Crippen LogP contribution in [0.15, 0.2) is 46.9 Å². The highest BCUT2D eigenvalue weighted by atomic mass is 32.2. The van der Waals surface area contributed by atoms with Crippen molar-refractivity contribution in [1.82, 2.24) is 15.2 Å². The van der Waals surface area contributed by atoms with E-state index in [4.69, 9.17) is 5.26 Å². The van der Waals surface area contributed by atoms with Gasteiger partial charge in [0.25, 0.3) is 0 Å². The van der Waals surface area contributed by atoms with Crippen LogP contribution in [0.2, 0.25) is 0 Å². The van der Waals surface area contributed by atoms with E-state index in [0.717, 1.165) is 5.82 Å². The van der Waals surface area contributed by atoms with Gasteiger partial charge in [0, 0.05) is 17.0 Å². The van der Waals surface area contributed by atoms with Crippen molar-refractivity contribution < 1.29 is 4.79 Å². The van der Waals surface area contributed by atoms with E-state index in [-0.39, 0.29) is 11.7 Å². The van der Waals surface area contributed by atoms with Crippen molar-refractivity contribution in [2.24, 2.45) is 0 Å². The Hall–Kier alpha value is -2.63. The molecule has 1 aromatic carbocycles. The van der Waals surface area contributed by atoms with Gasteiger partial charge in [-0.2, -0.15) is 5.26 Å². The molecule has 1 amide bonds. The summed E-state index contributed by atoms with van der Waals surface area (Å²) in [6, 6.07) is 12.9. The molecule has 0 bridgehead atoms. The number of rotatable bonds is 6. The predicted molar refractivity (Wildman–Crippen MR) is 94.0 cm³/mol. The normalized spacial score (nSPS) is 10.3. The Balaban J connectivity index is 1.51. The minimum Gasteiger partial charge on any atom is -0.325 e. The number of H-pyrrole nitrogens is 1. The van der Waals surface area contributed by atoms with Crippen LogP contribution in [0.1, 0.15) is 16.3 Å². The Labute approximate surface area is 146 Å². The zero-order chi connectivity index (χ0) is 16.8. The third-order valence-corrected chi connectivity index (χ3v) is 4.76. The van der Waals surface area contributed by atoms with Gasteiger partial charge in [0.15, 0.2) is 0 Å². The first kappa shape index (κ1) is 16.2. The van der Waals surface area contributed by atoms with Gasteiger partial charge in [-0.25, -0.2) is 4.98 Å². The van der Waals surface area contributed by atoms with E-state index in [9.17, 15) is 4.79 Å². The predicted octanol–water partition coefficient (Wildman–Crippen LogP) is 3.06. The SMILES string of the molecule is N#Cc1cccc(NC(=O)CSc2n[nH]c(Cc3cccs3)n2)c1. The Kier molecular flexibility index (Phi) is 5.25. The van der Waals surface area contributed by atoms with Crippen LogP contribution >= 0.6 is 23.1 Å². The largest absolute Gasteiger partial charge is 0.325 e. The lowest BCUT2D eigenvalue weighted by molar-refractivity contribution is -0.113. The third-order valence-electron chi connectivity index (χ3n) is 3.04. The number of nitrogens with zero attached hydrogens (tertiary/aromatic N) is 3. The topological polar surface area (TPSA) is 94.5 Å². The standard InChI is InChI=1S/C16H13N5OS2/c17-9-11-3-1-4-12(7-11)18-15(22)10-24-16-19-14(20-21-16)8-13-5-2-6-23-13/h1-7H,8,10H2,(H,18,22)(H,19,20,21). The molecule has 2 heterocycles. The van der Waals surface area contributed by atoms with Crippen molar-refractivity contribution >= 4 is 34.7 Å². The number of hydrogen-bond acceptors (Lipinski definition) is 6. The summed E-state index contributed by atoms with van der Waals surface area (Å²) in [7, 11) is 0. The number of amides is 1. The van der Waals surface area contributed by atoms with Crippen LogP contribution in [0.25, 0.3) is 0 Å². The molecule has 0 atom stereocenters. The Bertz CT molecular complexity index is 867. The minimum atomic E-state index is -0.167. The van der Waals surface area contributed by atoms with Gasteiger partial charge in [0.05, 0.1) is 17.4 Å². The third kappa shape index (κ3) is 4.44. The fraction of sp³-hybridized carbons (Fsp3) is 0.125. The van der Waals surface area contributed by atoms with Gasteiger partial charge in [-0.15, -0.1) is 16.4 Å². The molecule has 8 heteroatoms. The van der Waals surface area contributed by atoms with Crippen molar-refractivity contribution in [3.8, 4) is 6.07 Å². The van der Waals surface area contributed by atoms with E-state index >= 15 is 0 Å². The number of aromatic amines is 1. The van der Waals surface area contributed by atoms with Crippen molar-refractivity contribution in [3.05, 3.63) is 58.0 Å². The Morgan fingerprint density at radius 3 is 3.08 bits per heavy atom. The van der Waals surface area contributed by atoms with Crippen molar-refractivity contribution in [1.29, 1.82) is 5.26 Å². The summed E-state index contributed by atoms with van der Waals surface area (Å²) in [6.45, 7) is 0. The lowest BCUT2D eigenvalue weighted by atomic mass is 10.2. The second-order valence-corrected chi connectivity index (χ2v) is 6.83. The van der Waals surface area contributed by atoms with Gasteiger partial charge >= 0.3 is 0 Å². The summed E-state index contributed by atoms with van der Waals surface area (Å²) in [5.41, 5.74) is 1.11. The molecule has 2 N–H and O–H groups in total. The smallest absolute Gasteiger partial charge is 0.234 e. The molecule has 3 rings (SSSR count). The van der Waals surface area contributed by atoms with Crippen LogP contribution in [0.5, 0.6) is 0 Å². The van der Waals surface area contributed by atoms with Gasteiger partial charge in [-0.05, 0) is 29.6 Å². The first-order valence-corrected chi connectivity index (χ1v) is 8.96. The van der Waals surface area contributed by atoms with Gasteiger partial charge in [0.2, 0.25) is 11.1 Å². The fourth-order valence-corrected chi connectivity index (χ4v) is 3.32. The van der Waals surface area contributed by atoms with Crippen molar-refractivity contribution in [2.45, 2.75) is 11.6 Å². The molecule has 0 saturated carbocycles. The molecule has 0 spiro atoms. The molecule has 3 aromatic rings. The van der Waals surface area contributed by atoms with E-state index in [1.54, 1.807) is 35.6 Å². The number of nitrogens with one attached hydrogen (secondary N) is 2. The molecule has 2 aromatic heterocycles. The maximum atomic E-state index is 12.0. The summed E-state index contributed by atoms with van der Waals surface area (Å²) in [6.07, 6.45) is 0.707. The number of thioether (sulfide) groups is 1. The van der Waals surface area contributed by atoms with Crippen LogP contribution in [0, 0.1) is 11.3 Å². The minimum absolute atomic E-state index is 0.167. The molecule has 120 valence electrons. The zero-order valence-corrected chi connectivity index (χ0v) is 14.2. The van der Waals surface area contributed by atoms with Crippen LogP contribution in [-0.2, 0) is 11.2 Å². The summed E-state index contributed by atoms with van der Waals surface area (Å²) in [5, 5.41) is 21.2. The number of aromatic nitrogens is 3. The molecular weight excluding hydrogens is 342 g/mol. The summed E-state index contributed by atoms with van der Waals surface area (Å²) < 4.78 is 0. The highest BCUT2D eigenvalue weighted by Crippen LogP contribution is 2.17. The molecule has 0 fully saturated rings. The van der Waals surface area contributed by atoms with E-state index in [0.29, 0.717) is 22.8 Å². The average molecular weight is 355 g/mol. The highest BCUT2D eigenvalue weighted by Gasteiger charge is 2.09. The molecule has 6 nitrogen and oxygen atoms in total. The van der Waals surface area contributed by atoms with E-state index < -0.39 is 0 Å². The number of benzene rings is 1. The molecule has 24 heavy (non-hydrogen) atoms. The average Bonchev–Trinajstić information content (AvgIpc) is 3.25. The first-order valence-electron chi connectivity index (χ1n) is 7.09. The lowest BCUT2D eigenvalue weighted by Gasteiger charge is -2.03. The number of nitriles is 1. The van der Waals surface area contributed by atoms with Crippen molar-refractivity contribution in [2.75, 3.05) is 11.1 Å². The molecule has 0 aliphatic carbocycles. The van der Waals surface area contributed by atoms with Gasteiger partial charge in [-0.3, -0.25) is 9.89 Å². The lowest BCUT2D eigenvalue weighted by Crippen LogP contribution is -2.14. The molecular formula is C16H13N5OS2. The number of carbonyl (C=O) groups is 1. The number of carbonyl (C=O) groups excluding carboxylic acids is 1. The monoisotopic (exact) mass is 355 g/mol. The maximum absolute atomic E-state index is 12.0. The molecule has 0 aliphatic heterocycles. The van der Waals surface area contributed by atoms with E-state index in [1.807, 2.05) is 23.6 Å². The van der Waals surface area contributed by atoms with Crippen LogP contribution in [0.4, 0.5) is 5.69 Å². The van der Waals surface area contributed by atoms with E-state index in [2.05, 4.69) is 20.5 Å². The van der Waals surface area contributed by atoms with Crippen LogP contribution in [0.3, 0.4) is 0 Å². The molecule has 0 saturated heterocycles. The molecule has 0 radical (unpaired) electrons. The number of anilines is 1.